The molecule has 2 aromatic carbocycles. The number of aromatic amines is 1. The molecule has 0 fully saturated rings. The molecule has 138 valence electrons. The van der Waals surface area contributed by atoms with Crippen LogP contribution in [-0.2, 0) is 4.79 Å². The number of methoxy groups -OCH3 is 1. The molecule has 8 heteroatoms. The Morgan fingerprint density at radius 2 is 1.81 bits per heavy atom. The smallest absolute Gasteiger partial charge is 0.273 e. The van der Waals surface area contributed by atoms with Gasteiger partial charge in [0.25, 0.3) is 5.91 Å². The van der Waals surface area contributed by atoms with Crippen molar-refractivity contribution in [2.24, 2.45) is 0 Å². The van der Waals surface area contributed by atoms with Crippen molar-refractivity contribution in [1.29, 1.82) is 0 Å². The van der Waals surface area contributed by atoms with Gasteiger partial charge < -0.3 is 15.4 Å². The minimum Gasteiger partial charge on any atom is -0.495 e. The third-order valence-corrected chi connectivity index (χ3v) is 4.26. The second kappa shape index (κ2) is 8.05. The van der Waals surface area contributed by atoms with E-state index in [1.165, 1.54) is 14.0 Å². The molecule has 0 aliphatic rings. The number of nitrogens with one attached hydrogen (secondary N) is 3. The van der Waals surface area contributed by atoms with E-state index in [-0.39, 0.29) is 11.8 Å². The van der Waals surface area contributed by atoms with E-state index in [4.69, 9.17) is 4.74 Å². The lowest BCUT2D eigenvalue weighted by Gasteiger charge is -2.11. The predicted octanol–water partition coefficient (Wildman–Crippen LogP) is 4.06. The van der Waals surface area contributed by atoms with E-state index in [1.807, 2.05) is 24.3 Å². The Morgan fingerprint density at radius 3 is 2.48 bits per heavy atom. The maximum Gasteiger partial charge on any atom is 0.273 e. The van der Waals surface area contributed by atoms with Crippen LogP contribution in [0.5, 0.6) is 5.75 Å². The van der Waals surface area contributed by atoms with E-state index in [0.717, 1.165) is 10.0 Å². The fraction of sp³-hybridized carbons (Fsp3) is 0.105. The first-order valence-corrected chi connectivity index (χ1v) is 8.84. The number of carbonyl (C=O) groups is 2. The zero-order chi connectivity index (χ0) is 19.4. The molecule has 0 bridgehead atoms. The number of nitrogens with zero attached hydrogens (tertiary/aromatic N) is 1. The highest BCUT2D eigenvalue weighted by molar-refractivity contribution is 9.10. The number of anilines is 2. The Kier molecular flexibility index (Phi) is 5.56. The quantitative estimate of drug-likeness (QED) is 0.570. The molecule has 3 aromatic rings. The number of H-pyrrole nitrogens is 1. The van der Waals surface area contributed by atoms with Gasteiger partial charge in [0.05, 0.1) is 18.5 Å². The van der Waals surface area contributed by atoms with Gasteiger partial charge in [-0.05, 0) is 36.4 Å². The molecular weight excluding hydrogens is 412 g/mol. The molecule has 3 N–H and O–H groups in total. The molecule has 0 aliphatic carbocycles. The summed E-state index contributed by atoms with van der Waals surface area (Å²) in [7, 11) is 1.51. The first-order valence-electron chi connectivity index (χ1n) is 8.04. The summed E-state index contributed by atoms with van der Waals surface area (Å²) in [6.45, 7) is 1.40. The molecule has 0 unspecified atom stereocenters. The topological polar surface area (TPSA) is 96.1 Å². The first kappa shape index (κ1) is 18.7. The van der Waals surface area contributed by atoms with E-state index in [0.29, 0.717) is 28.5 Å². The van der Waals surface area contributed by atoms with Crippen LogP contribution >= 0.6 is 15.9 Å². The van der Waals surface area contributed by atoms with Crippen molar-refractivity contribution in [3.63, 3.8) is 0 Å². The van der Waals surface area contributed by atoms with Crippen LogP contribution in [0.3, 0.4) is 0 Å². The maximum atomic E-state index is 12.5. The molecule has 0 saturated heterocycles. The lowest BCUT2D eigenvalue weighted by atomic mass is 10.1. The van der Waals surface area contributed by atoms with Crippen molar-refractivity contribution in [1.82, 2.24) is 10.2 Å². The predicted molar refractivity (Wildman–Crippen MR) is 107 cm³/mol. The molecule has 2 amide bonds. The van der Waals surface area contributed by atoms with E-state index >= 15 is 0 Å². The average molecular weight is 429 g/mol. The summed E-state index contributed by atoms with van der Waals surface area (Å²) in [6, 6.07) is 14.3. The highest BCUT2D eigenvalue weighted by Crippen LogP contribution is 2.28. The van der Waals surface area contributed by atoms with E-state index in [9.17, 15) is 9.59 Å². The van der Waals surface area contributed by atoms with Crippen molar-refractivity contribution in [2.45, 2.75) is 6.92 Å². The Balaban J connectivity index is 1.77. The number of halogens is 1. The van der Waals surface area contributed by atoms with Gasteiger partial charge in [0.1, 0.15) is 11.4 Å². The molecule has 1 heterocycles. The number of hydrogen-bond acceptors (Lipinski definition) is 4. The van der Waals surface area contributed by atoms with Gasteiger partial charge in [-0.15, -0.1) is 0 Å². The van der Waals surface area contributed by atoms with Crippen molar-refractivity contribution in [3.8, 4) is 17.0 Å². The van der Waals surface area contributed by atoms with Crippen LogP contribution < -0.4 is 15.4 Å². The lowest BCUT2D eigenvalue weighted by Crippen LogP contribution is -2.13. The first-order chi connectivity index (χ1) is 13.0. The number of rotatable bonds is 5. The summed E-state index contributed by atoms with van der Waals surface area (Å²) in [6.07, 6.45) is 0. The fourth-order valence-electron chi connectivity index (χ4n) is 2.48. The van der Waals surface area contributed by atoms with Gasteiger partial charge >= 0.3 is 0 Å². The van der Waals surface area contributed by atoms with Crippen LogP contribution in [-0.4, -0.2) is 29.1 Å². The molecule has 0 atom stereocenters. The van der Waals surface area contributed by atoms with Gasteiger partial charge in [-0.25, -0.2) is 0 Å². The number of amides is 2. The highest BCUT2D eigenvalue weighted by Gasteiger charge is 2.13. The second-order valence-electron chi connectivity index (χ2n) is 5.72. The van der Waals surface area contributed by atoms with Gasteiger partial charge in [-0.1, -0.05) is 28.1 Å². The van der Waals surface area contributed by atoms with Crippen LogP contribution in [0, 0.1) is 0 Å². The summed E-state index contributed by atoms with van der Waals surface area (Å²) < 4.78 is 6.17. The van der Waals surface area contributed by atoms with Crippen LogP contribution in [0.25, 0.3) is 11.3 Å². The fourth-order valence-corrected chi connectivity index (χ4v) is 2.74. The van der Waals surface area contributed by atoms with E-state index in [2.05, 4.69) is 36.8 Å². The van der Waals surface area contributed by atoms with Crippen LogP contribution in [0.1, 0.15) is 17.4 Å². The largest absolute Gasteiger partial charge is 0.495 e. The highest BCUT2D eigenvalue weighted by atomic mass is 79.9. The maximum absolute atomic E-state index is 12.5. The number of hydrogen-bond donors (Lipinski definition) is 3. The van der Waals surface area contributed by atoms with Gasteiger partial charge in [-0.2, -0.15) is 5.10 Å². The summed E-state index contributed by atoms with van der Waals surface area (Å²) >= 11 is 3.39. The van der Waals surface area contributed by atoms with Crippen LogP contribution in [0.2, 0.25) is 0 Å². The lowest BCUT2D eigenvalue weighted by molar-refractivity contribution is -0.114. The Hall–Kier alpha value is -3.13. The van der Waals surface area contributed by atoms with Crippen molar-refractivity contribution in [2.75, 3.05) is 17.7 Å². The Morgan fingerprint density at radius 1 is 1.07 bits per heavy atom. The van der Waals surface area contributed by atoms with Crippen molar-refractivity contribution < 1.29 is 14.3 Å². The molecule has 3 rings (SSSR count). The third kappa shape index (κ3) is 4.53. The number of benzene rings is 2. The Labute approximate surface area is 164 Å². The molecule has 27 heavy (non-hydrogen) atoms. The third-order valence-electron chi connectivity index (χ3n) is 3.73. The molecule has 0 radical (unpaired) electrons. The molecule has 0 saturated carbocycles. The molecular formula is C19H17BrN4O3. The summed E-state index contributed by atoms with van der Waals surface area (Å²) in [5, 5.41) is 12.4. The van der Waals surface area contributed by atoms with E-state index < -0.39 is 0 Å². The van der Waals surface area contributed by atoms with Crippen molar-refractivity contribution >= 4 is 39.1 Å². The summed E-state index contributed by atoms with van der Waals surface area (Å²) in [5.74, 6) is -0.0726. The number of aromatic nitrogens is 2. The number of ether oxygens (including phenoxy) is 1. The SMILES string of the molecule is COc1ccc(NC(=O)c2cc(-c3ccc(Br)cc3)n[nH]2)cc1NC(C)=O. The molecule has 0 spiro atoms. The zero-order valence-corrected chi connectivity index (χ0v) is 16.3. The normalized spacial score (nSPS) is 10.3. The molecule has 7 nitrogen and oxygen atoms in total. The van der Waals surface area contributed by atoms with Gasteiger partial charge in [-0.3, -0.25) is 14.7 Å². The number of carbonyl (C=O) groups excluding carboxylic acids is 2. The minimum atomic E-state index is -0.343. The summed E-state index contributed by atoms with van der Waals surface area (Å²) in [4.78, 5) is 23.8. The van der Waals surface area contributed by atoms with Crippen molar-refractivity contribution in [3.05, 3.63) is 58.7 Å². The summed E-state index contributed by atoms with van der Waals surface area (Å²) in [5.41, 5.74) is 2.88. The zero-order valence-electron chi connectivity index (χ0n) is 14.7. The van der Waals surface area contributed by atoms with Gasteiger partial charge in [0.15, 0.2) is 0 Å². The monoisotopic (exact) mass is 428 g/mol. The van der Waals surface area contributed by atoms with Crippen LogP contribution in [0.4, 0.5) is 11.4 Å². The second-order valence-corrected chi connectivity index (χ2v) is 6.64. The molecule has 0 aliphatic heterocycles. The van der Waals surface area contributed by atoms with Gasteiger partial charge in [0, 0.05) is 22.6 Å². The van der Waals surface area contributed by atoms with Gasteiger partial charge in [0.2, 0.25) is 5.91 Å². The Bertz CT molecular complexity index is 983. The van der Waals surface area contributed by atoms with Crippen LogP contribution in [0.15, 0.2) is 53.0 Å². The molecule has 1 aromatic heterocycles. The standard InChI is InChI=1S/C19H17BrN4O3/c1-11(25)21-16-9-14(7-8-18(16)27-2)22-19(26)17-10-15(23-24-17)12-3-5-13(20)6-4-12/h3-10H,1-2H3,(H,21,25)(H,22,26)(H,23,24). The minimum absolute atomic E-state index is 0.232. The average Bonchev–Trinajstić information content (AvgIpc) is 3.12. The van der Waals surface area contributed by atoms with E-state index in [1.54, 1.807) is 24.3 Å².